The maximum absolute atomic E-state index is 5.75. The van der Waals surface area contributed by atoms with Crippen LogP contribution in [-0.4, -0.2) is 12.0 Å². The van der Waals surface area contributed by atoms with Gasteiger partial charge in [0.2, 0.25) is 0 Å². The van der Waals surface area contributed by atoms with Crippen LogP contribution in [-0.2, 0) is 6.54 Å². The highest BCUT2D eigenvalue weighted by molar-refractivity contribution is 5.58. The smallest absolute Gasteiger partial charge is 0.0427 e. The van der Waals surface area contributed by atoms with Crippen LogP contribution in [0.15, 0.2) is 42.7 Å². The molecule has 1 heterocycles. The van der Waals surface area contributed by atoms with Gasteiger partial charge >= 0.3 is 0 Å². The minimum Gasteiger partial charge on any atom is -0.399 e. The number of nitrogen functional groups attached to an aromatic ring is 1. The molecule has 0 aliphatic heterocycles. The Hall–Kier alpha value is -2.03. The fraction of sp³-hybridized carbons (Fsp3) is 0.214. The average molecular weight is 227 g/mol. The van der Waals surface area contributed by atoms with Crippen molar-refractivity contribution in [3.8, 4) is 0 Å². The molecule has 0 saturated carbocycles. The van der Waals surface area contributed by atoms with Crippen LogP contribution in [0.25, 0.3) is 0 Å². The van der Waals surface area contributed by atoms with Gasteiger partial charge in [-0.1, -0.05) is 0 Å². The molecule has 1 aromatic carbocycles. The van der Waals surface area contributed by atoms with Crippen molar-refractivity contribution >= 4 is 11.4 Å². The van der Waals surface area contributed by atoms with Gasteiger partial charge in [-0.05, 0) is 48.4 Å². The number of anilines is 2. The Kier molecular flexibility index (Phi) is 3.28. The Morgan fingerprint density at radius 3 is 2.53 bits per heavy atom. The first-order chi connectivity index (χ1) is 8.16. The molecule has 0 bridgehead atoms. The summed E-state index contributed by atoms with van der Waals surface area (Å²) in [4.78, 5) is 6.23. The maximum atomic E-state index is 5.75. The van der Waals surface area contributed by atoms with Crippen molar-refractivity contribution < 1.29 is 0 Å². The summed E-state index contributed by atoms with van der Waals surface area (Å²) in [5.74, 6) is 0. The van der Waals surface area contributed by atoms with Crippen LogP contribution in [0.2, 0.25) is 0 Å². The van der Waals surface area contributed by atoms with E-state index < -0.39 is 0 Å². The molecule has 1 aromatic heterocycles. The minimum atomic E-state index is 0.809. The minimum absolute atomic E-state index is 0.809. The first-order valence-corrected chi connectivity index (χ1v) is 5.63. The number of rotatable bonds is 3. The Morgan fingerprint density at radius 1 is 1.18 bits per heavy atom. The Bertz CT molecular complexity index is 494. The van der Waals surface area contributed by atoms with Crippen LogP contribution in [0.5, 0.6) is 0 Å². The molecule has 88 valence electrons. The predicted molar refractivity (Wildman–Crippen MR) is 71.9 cm³/mol. The molecule has 2 rings (SSSR count). The molecular weight excluding hydrogens is 210 g/mol. The lowest BCUT2D eigenvalue weighted by molar-refractivity contribution is 0.914. The number of nitrogens with zero attached hydrogens (tertiary/aromatic N) is 2. The zero-order valence-corrected chi connectivity index (χ0v) is 10.2. The van der Waals surface area contributed by atoms with Crippen LogP contribution in [0, 0.1) is 6.92 Å². The zero-order chi connectivity index (χ0) is 12.3. The maximum Gasteiger partial charge on any atom is 0.0427 e. The standard InChI is InChI=1S/C14H17N3/c1-11-9-13(15)3-4-14(11)17(2)10-12-5-7-16-8-6-12/h3-9H,10,15H2,1-2H3. The lowest BCUT2D eigenvalue weighted by Crippen LogP contribution is -2.17. The molecule has 0 amide bonds. The third-order valence-electron chi connectivity index (χ3n) is 2.80. The van der Waals surface area contributed by atoms with E-state index in [0.717, 1.165) is 12.2 Å². The average Bonchev–Trinajstić information content (AvgIpc) is 2.30. The summed E-state index contributed by atoms with van der Waals surface area (Å²) < 4.78 is 0. The van der Waals surface area contributed by atoms with E-state index in [0.29, 0.717) is 0 Å². The zero-order valence-electron chi connectivity index (χ0n) is 10.2. The number of aryl methyl sites for hydroxylation is 1. The van der Waals surface area contributed by atoms with Crippen molar-refractivity contribution in [2.24, 2.45) is 0 Å². The predicted octanol–water partition coefficient (Wildman–Crippen LogP) is 2.61. The lowest BCUT2D eigenvalue weighted by Gasteiger charge is -2.21. The van der Waals surface area contributed by atoms with Crippen molar-refractivity contribution in [1.29, 1.82) is 0 Å². The summed E-state index contributed by atoms with van der Waals surface area (Å²) in [7, 11) is 2.08. The fourth-order valence-electron chi connectivity index (χ4n) is 1.95. The fourth-order valence-corrected chi connectivity index (χ4v) is 1.95. The van der Waals surface area contributed by atoms with Crippen LogP contribution >= 0.6 is 0 Å². The Morgan fingerprint density at radius 2 is 1.88 bits per heavy atom. The summed E-state index contributed by atoms with van der Waals surface area (Å²) >= 11 is 0. The first-order valence-electron chi connectivity index (χ1n) is 5.63. The number of benzene rings is 1. The molecule has 3 nitrogen and oxygen atoms in total. The van der Waals surface area contributed by atoms with Crippen molar-refractivity contribution in [1.82, 2.24) is 4.98 Å². The highest BCUT2D eigenvalue weighted by Gasteiger charge is 2.05. The lowest BCUT2D eigenvalue weighted by atomic mass is 10.1. The second-order valence-corrected chi connectivity index (χ2v) is 4.26. The molecule has 0 spiro atoms. The van der Waals surface area contributed by atoms with Gasteiger partial charge < -0.3 is 10.6 Å². The van der Waals surface area contributed by atoms with Gasteiger partial charge in [-0.15, -0.1) is 0 Å². The highest BCUT2D eigenvalue weighted by atomic mass is 15.1. The molecule has 17 heavy (non-hydrogen) atoms. The molecule has 0 fully saturated rings. The topological polar surface area (TPSA) is 42.1 Å². The normalized spacial score (nSPS) is 10.2. The summed E-state index contributed by atoms with van der Waals surface area (Å²) in [6.07, 6.45) is 3.64. The molecule has 0 unspecified atom stereocenters. The van der Waals surface area contributed by atoms with E-state index >= 15 is 0 Å². The number of nitrogens with two attached hydrogens (primary N) is 1. The van der Waals surface area contributed by atoms with Crippen molar-refractivity contribution in [3.63, 3.8) is 0 Å². The van der Waals surface area contributed by atoms with Crippen LogP contribution in [0.4, 0.5) is 11.4 Å². The number of aromatic nitrogens is 1. The molecule has 2 aromatic rings. The van der Waals surface area contributed by atoms with E-state index in [1.165, 1.54) is 16.8 Å². The molecule has 3 heteroatoms. The van der Waals surface area contributed by atoms with Crippen LogP contribution in [0.1, 0.15) is 11.1 Å². The summed E-state index contributed by atoms with van der Waals surface area (Å²) in [5.41, 5.74) is 10.2. The van der Waals surface area contributed by atoms with Gasteiger partial charge in [0.15, 0.2) is 0 Å². The van der Waals surface area contributed by atoms with E-state index in [4.69, 9.17) is 5.73 Å². The highest BCUT2D eigenvalue weighted by Crippen LogP contribution is 2.22. The Balaban J connectivity index is 2.17. The van der Waals surface area contributed by atoms with E-state index in [1.807, 2.05) is 36.7 Å². The molecule has 2 N–H and O–H groups in total. The Labute approximate surface area is 102 Å². The molecule has 0 atom stereocenters. The second kappa shape index (κ2) is 4.87. The quantitative estimate of drug-likeness (QED) is 0.819. The van der Waals surface area contributed by atoms with Crippen molar-refractivity contribution in [2.75, 3.05) is 17.7 Å². The van der Waals surface area contributed by atoms with Crippen molar-refractivity contribution in [2.45, 2.75) is 13.5 Å². The van der Waals surface area contributed by atoms with E-state index in [1.54, 1.807) is 0 Å². The van der Waals surface area contributed by atoms with E-state index in [9.17, 15) is 0 Å². The van der Waals surface area contributed by atoms with Gasteiger partial charge in [0, 0.05) is 37.4 Å². The third kappa shape index (κ3) is 2.75. The van der Waals surface area contributed by atoms with Gasteiger partial charge in [0.05, 0.1) is 0 Å². The van der Waals surface area contributed by atoms with Gasteiger partial charge in [0.25, 0.3) is 0 Å². The van der Waals surface area contributed by atoms with Crippen LogP contribution < -0.4 is 10.6 Å². The number of hydrogen-bond acceptors (Lipinski definition) is 3. The van der Waals surface area contributed by atoms with Crippen LogP contribution in [0.3, 0.4) is 0 Å². The second-order valence-electron chi connectivity index (χ2n) is 4.26. The summed E-state index contributed by atoms with van der Waals surface area (Å²) in [6, 6.07) is 10.1. The van der Waals surface area contributed by atoms with Crippen molar-refractivity contribution in [3.05, 3.63) is 53.9 Å². The van der Waals surface area contributed by atoms with Gasteiger partial charge in [-0.3, -0.25) is 4.98 Å². The molecule has 0 aliphatic carbocycles. The van der Waals surface area contributed by atoms with E-state index in [2.05, 4.69) is 29.9 Å². The van der Waals surface area contributed by atoms with Gasteiger partial charge in [-0.2, -0.15) is 0 Å². The number of pyridine rings is 1. The molecule has 0 saturated heterocycles. The third-order valence-corrected chi connectivity index (χ3v) is 2.80. The molecule has 0 radical (unpaired) electrons. The number of hydrogen-bond donors (Lipinski definition) is 1. The van der Waals surface area contributed by atoms with Gasteiger partial charge in [-0.25, -0.2) is 0 Å². The SMILES string of the molecule is Cc1cc(N)ccc1N(C)Cc1ccncc1. The van der Waals surface area contributed by atoms with E-state index in [-0.39, 0.29) is 0 Å². The monoisotopic (exact) mass is 227 g/mol. The largest absolute Gasteiger partial charge is 0.399 e. The molecule has 0 aliphatic rings. The summed E-state index contributed by atoms with van der Waals surface area (Å²) in [5, 5.41) is 0. The first kappa shape index (κ1) is 11.5. The molecular formula is C14H17N3. The van der Waals surface area contributed by atoms with Gasteiger partial charge in [0.1, 0.15) is 0 Å². The summed E-state index contributed by atoms with van der Waals surface area (Å²) in [6.45, 7) is 2.95.